The molecule has 15 heavy (non-hydrogen) atoms. The van der Waals surface area contributed by atoms with Gasteiger partial charge in [-0.1, -0.05) is 11.6 Å². The van der Waals surface area contributed by atoms with Crippen LogP contribution in [0.15, 0.2) is 34.2 Å². The fraction of sp³-hybridized carbons (Fsp3) is 0.182. The molecule has 0 bridgehead atoms. The number of halogens is 1. The molecule has 1 aliphatic rings. The second kappa shape index (κ2) is 4.29. The Bertz CT molecular complexity index is 440. The van der Waals surface area contributed by atoms with E-state index in [1.807, 2.05) is 24.5 Å². The van der Waals surface area contributed by atoms with Crippen molar-refractivity contribution in [2.75, 3.05) is 12.9 Å². The van der Waals surface area contributed by atoms with E-state index in [0.717, 1.165) is 4.90 Å². The standard InChI is InChI=1S/C11H9ClO2S/c1-15-8-2-3-10-9(4-8)11(13)7(5-12)6-14-10/h2-5H,6H2,1H3/b7-5+. The van der Waals surface area contributed by atoms with Crippen LogP contribution in [0.2, 0.25) is 0 Å². The molecule has 1 aromatic carbocycles. The molecule has 0 spiro atoms. The summed E-state index contributed by atoms with van der Waals surface area (Å²) in [6.45, 7) is 0.258. The molecule has 0 amide bonds. The van der Waals surface area contributed by atoms with Gasteiger partial charge in [0.25, 0.3) is 0 Å². The van der Waals surface area contributed by atoms with E-state index in [4.69, 9.17) is 16.3 Å². The first-order valence-corrected chi connectivity index (χ1v) is 6.07. The van der Waals surface area contributed by atoms with Crippen molar-refractivity contribution >= 4 is 29.1 Å². The van der Waals surface area contributed by atoms with E-state index < -0.39 is 0 Å². The predicted molar refractivity (Wildman–Crippen MR) is 62.0 cm³/mol. The lowest BCUT2D eigenvalue weighted by Crippen LogP contribution is -2.18. The van der Waals surface area contributed by atoms with E-state index in [-0.39, 0.29) is 12.4 Å². The van der Waals surface area contributed by atoms with Crippen LogP contribution in [0, 0.1) is 0 Å². The molecule has 78 valence electrons. The van der Waals surface area contributed by atoms with Crippen LogP contribution in [0.4, 0.5) is 0 Å². The molecule has 0 aliphatic carbocycles. The minimum absolute atomic E-state index is 0.0397. The third-order valence-electron chi connectivity index (χ3n) is 2.24. The fourth-order valence-electron chi connectivity index (χ4n) is 1.41. The average Bonchev–Trinajstić information content (AvgIpc) is 2.29. The summed E-state index contributed by atoms with van der Waals surface area (Å²) in [6.07, 6.45) is 1.97. The highest BCUT2D eigenvalue weighted by molar-refractivity contribution is 7.98. The van der Waals surface area contributed by atoms with Crippen molar-refractivity contribution in [3.05, 3.63) is 34.9 Å². The minimum atomic E-state index is -0.0397. The highest BCUT2D eigenvalue weighted by Gasteiger charge is 2.23. The molecule has 1 aliphatic heterocycles. The molecule has 0 aromatic heterocycles. The third kappa shape index (κ3) is 1.90. The smallest absolute Gasteiger partial charge is 0.197 e. The van der Waals surface area contributed by atoms with Crippen molar-refractivity contribution in [2.45, 2.75) is 4.90 Å². The van der Waals surface area contributed by atoms with Crippen LogP contribution in [0.25, 0.3) is 0 Å². The number of rotatable bonds is 1. The van der Waals surface area contributed by atoms with Crippen molar-refractivity contribution in [1.29, 1.82) is 0 Å². The summed E-state index contributed by atoms with van der Waals surface area (Å²) in [5.74, 6) is 0.599. The molecule has 2 nitrogen and oxygen atoms in total. The normalized spacial score (nSPS) is 17.5. The molecule has 0 saturated heterocycles. The maximum atomic E-state index is 11.9. The molecule has 1 heterocycles. The molecule has 4 heteroatoms. The van der Waals surface area contributed by atoms with E-state index >= 15 is 0 Å². The highest BCUT2D eigenvalue weighted by atomic mass is 35.5. The highest BCUT2D eigenvalue weighted by Crippen LogP contribution is 2.30. The topological polar surface area (TPSA) is 26.3 Å². The molecule has 2 rings (SSSR count). The number of carbonyl (C=O) groups is 1. The number of ketones is 1. The Kier molecular flexibility index (Phi) is 3.03. The Morgan fingerprint density at radius 2 is 2.33 bits per heavy atom. The number of ether oxygens (including phenoxy) is 1. The summed E-state index contributed by atoms with van der Waals surface area (Å²) in [5.41, 5.74) is 2.39. The molecule has 1 aromatic rings. The zero-order valence-electron chi connectivity index (χ0n) is 8.12. The predicted octanol–water partition coefficient (Wildman–Crippen LogP) is 3.11. The lowest BCUT2D eigenvalue weighted by molar-refractivity contribution is 0.0999. The van der Waals surface area contributed by atoms with E-state index in [9.17, 15) is 4.79 Å². The Morgan fingerprint density at radius 3 is 3.00 bits per heavy atom. The molecular weight excluding hydrogens is 232 g/mol. The second-order valence-corrected chi connectivity index (χ2v) is 4.21. The summed E-state index contributed by atoms with van der Waals surface area (Å²) in [7, 11) is 0. The zero-order valence-corrected chi connectivity index (χ0v) is 9.69. The first-order valence-electron chi connectivity index (χ1n) is 4.41. The number of fused-ring (bicyclic) bond motifs is 1. The maximum Gasteiger partial charge on any atom is 0.197 e. The number of hydrogen-bond acceptors (Lipinski definition) is 3. The van der Waals surface area contributed by atoms with Gasteiger partial charge in [-0.2, -0.15) is 0 Å². The molecule has 0 unspecified atom stereocenters. The first-order chi connectivity index (χ1) is 7.26. The van der Waals surface area contributed by atoms with Crippen molar-refractivity contribution in [3.8, 4) is 5.75 Å². The van der Waals surface area contributed by atoms with Gasteiger partial charge < -0.3 is 4.74 Å². The summed E-state index contributed by atoms with van der Waals surface area (Å²) in [5, 5.41) is 0. The van der Waals surface area contributed by atoms with Crippen LogP contribution in [0.1, 0.15) is 10.4 Å². The number of thioether (sulfide) groups is 1. The molecule has 0 atom stereocenters. The molecule has 0 N–H and O–H groups in total. The summed E-state index contributed by atoms with van der Waals surface area (Å²) in [6, 6.07) is 5.60. The van der Waals surface area contributed by atoms with Crippen molar-refractivity contribution in [2.24, 2.45) is 0 Å². The summed E-state index contributed by atoms with van der Waals surface area (Å²) in [4.78, 5) is 12.9. The summed E-state index contributed by atoms with van der Waals surface area (Å²) >= 11 is 7.14. The Balaban J connectivity index is 2.49. The number of Topliss-reactive ketones (excluding diaryl/α,β-unsaturated/α-hetero) is 1. The van der Waals surface area contributed by atoms with Crippen LogP contribution < -0.4 is 4.74 Å². The van der Waals surface area contributed by atoms with Gasteiger partial charge in [0.15, 0.2) is 5.78 Å². The average molecular weight is 241 g/mol. The Morgan fingerprint density at radius 1 is 1.53 bits per heavy atom. The van der Waals surface area contributed by atoms with Crippen LogP contribution >= 0.6 is 23.4 Å². The van der Waals surface area contributed by atoms with Gasteiger partial charge in [0.05, 0.1) is 5.56 Å². The van der Waals surface area contributed by atoms with Gasteiger partial charge in [0.1, 0.15) is 12.4 Å². The largest absolute Gasteiger partial charge is 0.488 e. The Hall–Kier alpha value is -0.930. The van der Waals surface area contributed by atoms with Crippen molar-refractivity contribution in [3.63, 3.8) is 0 Å². The van der Waals surface area contributed by atoms with Crippen LogP contribution in [-0.2, 0) is 0 Å². The number of hydrogen-bond donors (Lipinski definition) is 0. The van der Waals surface area contributed by atoms with E-state index in [0.29, 0.717) is 16.9 Å². The SMILES string of the molecule is CSc1ccc2c(c1)C(=O)/C(=C/Cl)CO2. The van der Waals surface area contributed by atoms with Gasteiger partial charge in [0.2, 0.25) is 0 Å². The monoisotopic (exact) mass is 240 g/mol. The summed E-state index contributed by atoms with van der Waals surface area (Å²) < 4.78 is 5.41. The Labute approximate surface area is 97.3 Å². The second-order valence-electron chi connectivity index (χ2n) is 3.11. The van der Waals surface area contributed by atoms with Crippen LogP contribution in [0.5, 0.6) is 5.75 Å². The van der Waals surface area contributed by atoms with E-state index in [1.54, 1.807) is 11.8 Å². The number of carbonyl (C=O) groups excluding carboxylic acids is 1. The lowest BCUT2D eigenvalue weighted by Gasteiger charge is -2.18. The third-order valence-corrected chi connectivity index (χ3v) is 3.23. The molecule has 0 fully saturated rings. The zero-order chi connectivity index (χ0) is 10.8. The van der Waals surface area contributed by atoms with E-state index in [1.165, 1.54) is 5.54 Å². The minimum Gasteiger partial charge on any atom is -0.488 e. The van der Waals surface area contributed by atoms with Gasteiger partial charge in [-0.25, -0.2) is 0 Å². The number of benzene rings is 1. The van der Waals surface area contributed by atoms with Gasteiger partial charge in [-0.15, -0.1) is 11.8 Å². The van der Waals surface area contributed by atoms with Gasteiger partial charge in [-0.3, -0.25) is 4.79 Å². The van der Waals surface area contributed by atoms with Crippen molar-refractivity contribution in [1.82, 2.24) is 0 Å². The lowest BCUT2D eigenvalue weighted by atomic mass is 10.0. The first kappa shape index (κ1) is 10.6. The fourth-order valence-corrected chi connectivity index (χ4v) is 2.02. The van der Waals surface area contributed by atoms with Crippen LogP contribution in [0.3, 0.4) is 0 Å². The van der Waals surface area contributed by atoms with Gasteiger partial charge >= 0.3 is 0 Å². The molecule has 0 radical (unpaired) electrons. The van der Waals surface area contributed by atoms with E-state index in [2.05, 4.69) is 0 Å². The molecular formula is C11H9ClO2S. The van der Waals surface area contributed by atoms with Crippen molar-refractivity contribution < 1.29 is 9.53 Å². The van der Waals surface area contributed by atoms with Gasteiger partial charge in [0, 0.05) is 16.0 Å². The quantitative estimate of drug-likeness (QED) is 0.557. The van der Waals surface area contributed by atoms with Gasteiger partial charge in [-0.05, 0) is 24.5 Å². The van der Waals surface area contributed by atoms with Crippen LogP contribution in [-0.4, -0.2) is 18.6 Å². The maximum absolute atomic E-state index is 11.9. The molecule has 0 saturated carbocycles.